The summed E-state index contributed by atoms with van der Waals surface area (Å²) in [5.74, 6) is 0.979. The van der Waals surface area contributed by atoms with E-state index in [1.54, 1.807) is 24.3 Å². The maximum atomic E-state index is 12.9. The van der Waals surface area contributed by atoms with Crippen LogP contribution in [0.25, 0.3) is 11.5 Å². The van der Waals surface area contributed by atoms with Gasteiger partial charge >= 0.3 is 0 Å². The lowest BCUT2D eigenvalue weighted by Crippen LogP contribution is -2.40. The molecule has 3 aromatic rings. The number of ether oxygens (including phenoxy) is 1. The number of morpholine rings is 1. The Bertz CT molecular complexity index is 1100. The van der Waals surface area contributed by atoms with Crippen LogP contribution in [0.4, 0.5) is 0 Å². The molecule has 0 aliphatic carbocycles. The molecule has 2 aromatic carbocycles. The number of halogens is 1. The highest BCUT2D eigenvalue weighted by Gasteiger charge is 2.26. The molecule has 10 heteroatoms. The molecule has 1 aliphatic rings. The van der Waals surface area contributed by atoms with Crippen LogP contribution in [0.2, 0.25) is 0 Å². The molecular weight excluding hydrogens is 478 g/mol. The third kappa shape index (κ3) is 4.89. The Balaban J connectivity index is 1.50. The summed E-state index contributed by atoms with van der Waals surface area (Å²) in [6.45, 7) is 1.51. The summed E-state index contributed by atoms with van der Waals surface area (Å²) in [6, 6.07) is 14.6. The van der Waals surface area contributed by atoms with E-state index < -0.39 is 10.0 Å². The van der Waals surface area contributed by atoms with Gasteiger partial charge in [-0.3, -0.25) is 0 Å². The van der Waals surface area contributed by atoms with E-state index in [9.17, 15) is 8.42 Å². The predicted octanol–water partition coefficient (Wildman–Crippen LogP) is 3.81. The first kappa shape index (κ1) is 20.5. The molecule has 0 spiro atoms. The lowest BCUT2D eigenvalue weighted by Gasteiger charge is -2.26. The molecule has 0 unspecified atom stereocenters. The first-order valence-electron chi connectivity index (χ1n) is 8.91. The predicted molar refractivity (Wildman–Crippen MR) is 113 cm³/mol. The third-order valence-electron chi connectivity index (χ3n) is 4.35. The first-order chi connectivity index (χ1) is 14.0. The van der Waals surface area contributed by atoms with Gasteiger partial charge < -0.3 is 9.15 Å². The van der Waals surface area contributed by atoms with Crippen molar-refractivity contribution in [2.45, 2.75) is 15.9 Å². The van der Waals surface area contributed by atoms with Crippen molar-refractivity contribution in [1.82, 2.24) is 14.5 Å². The Morgan fingerprint density at radius 2 is 1.86 bits per heavy atom. The van der Waals surface area contributed by atoms with E-state index >= 15 is 0 Å². The van der Waals surface area contributed by atoms with Gasteiger partial charge in [-0.15, -0.1) is 10.2 Å². The Hall–Kier alpha value is -1.72. The van der Waals surface area contributed by atoms with Crippen LogP contribution in [-0.2, 0) is 20.5 Å². The van der Waals surface area contributed by atoms with Crippen molar-refractivity contribution >= 4 is 37.7 Å². The van der Waals surface area contributed by atoms with Crippen LogP contribution in [-0.4, -0.2) is 49.2 Å². The van der Waals surface area contributed by atoms with E-state index in [1.165, 1.54) is 16.1 Å². The summed E-state index contributed by atoms with van der Waals surface area (Å²) in [4.78, 5) is 0.207. The molecule has 0 radical (unpaired) electrons. The van der Waals surface area contributed by atoms with Crippen LogP contribution >= 0.6 is 27.7 Å². The zero-order chi connectivity index (χ0) is 20.3. The molecule has 7 nitrogen and oxygen atoms in total. The fourth-order valence-electron chi connectivity index (χ4n) is 2.88. The minimum absolute atomic E-state index is 0.207. The van der Waals surface area contributed by atoms with Gasteiger partial charge in [0.2, 0.25) is 15.9 Å². The molecule has 0 bridgehead atoms. The molecule has 0 amide bonds. The topological polar surface area (TPSA) is 85.5 Å². The fourth-order valence-corrected chi connectivity index (χ4v) is 5.49. The van der Waals surface area contributed by atoms with E-state index in [4.69, 9.17) is 9.15 Å². The zero-order valence-corrected chi connectivity index (χ0v) is 18.5. The van der Waals surface area contributed by atoms with Crippen LogP contribution in [0, 0.1) is 0 Å². The SMILES string of the molecule is O=S(=O)(c1cccc(-c2nnc(SCc3cccc(Br)c3)o2)c1)N1CCOCC1. The number of benzene rings is 2. The van der Waals surface area contributed by atoms with Gasteiger partial charge in [-0.1, -0.05) is 45.9 Å². The standard InChI is InChI=1S/C19H18BrN3O4S2/c20-16-5-1-3-14(11-16)13-28-19-22-21-18(27-19)15-4-2-6-17(12-15)29(24,25)23-7-9-26-10-8-23/h1-6,11-12H,7-10,13H2. The second-order valence-corrected chi connectivity index (χ2v) is 10.1. The molecule has 4 rings (SSSR count). The normalized spacial score (nSPS) is 15.5. The zero-order valence-electron chi connectivity index (χ0n) is 15.3. The fraction of sp³-hybridized carbons (Fsp3) is 0.263. The molecule has 0 saturated carbocycles. The summed E-state index contributed by atoms with van der Waals surface area (Å²) in [5, 5.41) is 8.58. The Labute approximate surface area is 181 Å². The number of sulfonamides is 1. The lowest BCUT2D eigenvalue weighted by atomic mass is 10.2. The molecule has 0 N–H and O–H groups in total. The number of hydrogen-bond acceptors (Lipinski definition) is 7. The van der Waals surface area contributed by atoms with Crippen molar-refractivity contribution in [3.63, 3.8) is 0 Å². The average molecular weight is 496 g/mol. The van der Waals surface area contributed by atoms with Gasteiger partial charge in [-0.2, -0.15) is 4.31 Å². The van der Waals surface area contributed by atoms with Crippen LogP contribution in [0.15, 0.2) is 67.5 Å². The highest BCUT2D eigenvalue weighted by Crippen LogP contribution is 2.28. The maximum Gasteiger partial charge on any atom is 0.277 e. The van der Waals surface area contributed by atoms with Crippen LogP contribution in [0.3, 0.4) is 0 Å². The highest BCUT2D eigenvalue weighted by molar-refractivity contribution is 9.10. The van der Waals surface area contributed by atoms with E-state index in [1.807, 2.05) is 24.3 Å². The third-order valence-corrected chi connectivity index (χ3v) is 7.62. The number of hydrogen-bond donors (Lipinski definition) is 0. The lowest BCUT2D eigenvalue weighted by molar-refractivity contribution is 0.0730. The number of thioether (sulfide) groups is 1. The van der Waals surface area contributed by atoms with Gasteiger partial charge in [-0.25, -0.2) is 8.42 Å². The monoisotopic (exact) mass is 495 g/mol. The van der Waals surface area contributed by atoms with Crippen LogP contribution < -0.4 is 0 Å². The van der Waals surface area contributed by atoms with Crippen molar-refractivity contribution < 1.29 is 17.6 Å². The second-order valence-electron chi connectivity index (χ2n) is 6.34. The minimum atomic E-state index is -3.58. The summed E-state index contributed by atoms with van der Waals surface area (Å²) in [7, 11) is -3.58. The number of rotatable bonds is 6. The second kappa shape index (κ2) is 8.97. The Kier molecular flexibility index (Phi) is 6.35. The van der Waals surface area contributed by atoms with Gasteiger partial charge in [0.25, 0.3) is 5.22 Å². The highest BCUT2D eigenvalue weighted by atomic mass is 79.9. The van der Waals surface area contributed by atoms with Gasteiger partial charge in [0.1, 0.15) is 0 Å². The molecule has 0 atom stereocenters. The van der Waals surface area contributed by atoms with Crippen molar-refractivity contribution in [3.05, 3.63) is 58.6 Å². The van der Waals surface area contributed by atoms with E-state index in [0.717, 1.165) is 10.0 Å². The largest absolute Gasteiger partial charge is 0.411 e. The van der Waals surface area contributed by atoms with Crippen molar-refractivity contribution in [3.8, 4) is 11.5 Å². The summed E-state index contributed by atoms with van der Waals surface area (Å²) in [6.07, 6.45) is 0. The summed E-state index contributed by atoms with van der Waals surface area (Å²) < 4.78 is 39.1. The van der Waals surface area contributed by atoms with Crippen LogP contribution in [0.5, 0.6) is 0 Å². The van der Waals surface area contributed by atoms with Crippen LogP contribution in [0.1, 0.15) is 5.56 Å². The van der Waals surface area contributed by atoms with Crippen molar-refractivity contribution in [2.75, 3.05) is 26.3 Å². The molecule has 29 heavy (non-hydrogen) atoms. The van der Waals surface area contributed by atoms with Gasteiger partial charge in [0, 0.05) is 28.9 Å². The molecule has 1 aromatic heterocycles. The molecule has 2 heterocycles. The van der Waals surface area contributed by atoms with Gasteiger partial charge in [0.15, 0.2) is 0 Å². The van der Waals surface area contributed by atoms with Gasteiger partial charge in [0.05, 0.1) is 18.1 Å². The number of aromatic nitrogens is 2. The van der Waals surface area contributed by atoms with Crippen molar-refractivity contribution in [1.29, 1.82) is 0 Å². The molecule has 1 saturated heterocycles. The minimum Gasteiger partial charge on any atom is -0.411 e. The quantitative estimate of drug-likeness (QED) is 0.480. The van der Waals surface area contributed by atoms with E-state index in [-0.39, 0.29) is 4.90 Å². The van der Waals surface area contributed by atoms with E-state index in [2.05, 4.69) is 26.1 Å². The maximum absolute atomic E-state index is 12.9. The Morgan fingerprint density at radius 1 is 1.07 bits per heavy atom. The summed E-state index contributed by atoms with van der Waals surface area (Å²) >= 11 is 4.88. The average Bonchev–Trinajstić information content (AvgIpc) is 3.22. The van der Waals surface area contributed by atoms with Gasteiger partial charge in [-0.05, 0) is 35.9 Å². The molecule has 152 valence electrons. The molecule has 1 aliphatic heterocycles. The van der Waals surface area contributed by atoms with E-state index in [0.29, 0.717) is 48.7 Å². The number of nitrogens with zero attached hydrogens (tertiary/aromatic N) is 3. The summed E-state index contributed by atoms with van der Waals surface area (Å²) in [5.41, 5.74) is 1.70. The van der Waals surface area contributed by atoms with Crippen molar-refractivity contribution in [2.24, 2.45) is 0 Å². The molecule has 1 fully saturated rings. The first-order valence-corrected chi connectivity index (χ1v) is 12.1. The molecular formula is C19H18BrN3O4S2. The Morgan fingerprint density at radius 3 is 2.66 bits per heavy atom. The smallest absolute Gasteiger partial charge is 0.277 e.